The zero-order valence-electron chi connectivity index (χ0n) is 17.9. The first-order valence-corrected chi connectivity index (χ1v) is 10.7. The summed E-state index contributed by atoms with van der Waals surface area (Å²) in [5, 5.41) is 5.92. The molecule has 0 aliphatic heterocycles. The van der Waals surface area contributed by atoms with Crippen LogP contribution in [0.1, 0.15) is 29.8 Å². The molecule has 2 rings (SSSR count). The van der Waals surface area contributed by atoms with E-state index < -0.39 is 0 Å². The van der Waals surface area contributed by atoms with Crippen LogP contribution in [-0.2, 0) is 4.79 Å². The van der Waals surface area contributed by atoms with Crippen molar-refractivity contribution in [3.63, 3.8) is 0 Å². The number of hydrogen-bond donors (Lipinski definition) is 2. The first kappa shape index (κ1) is 23.0. The van der Waals surface area contributed by atoms with Crippen LogP contribution in [0.3, 0.4) is 0 Å². The third kappa shape index (κ3) is 7.91. The summed E-state index contributed by atoms with van der Waals surface area (Å²) < 4.78 is 0. The van der Waals surface area contributed by atoms with E-state index in [-0.39, 0.29) is 23.0 Å². The minimum atomic E-state index is -0.112. The predicted molar refractivity (Wildman–Crippen MR) is 122 cm³/mol. The van der Waals surface area contributed by atoms with Crippen LogP contribution in [0.2, 0.25) is 0 Å². The quantitative estimate of drug-likeness (QED) is 0.609. The topological polar surface area (TPSA) is 61.4 Å². The molecule has 0 unspecified atom stereocenters. The van der Waals surface area contributed by atoms with Crippen LogP contribution >= 0.6 is 11.8 Å². The second-order valence-corrected chi connectivity index (χ2v) is 9.30. The van der Waals surface area contributed by atoms with Crippen molar-refractivity contribution in [2.45, 2.75) is 25.7 Å². The monoisotopic (exact) mass is 413 g/mol. The average molecular weight is 414 g/mol. The lowest BCUT2D eigenvalue weighted by Gasteiger charge is -2.28. The van der Waals surface area contributed by atoms with E-state index in [9.17, 15) is 9.59 Å². The first-order chi connectivity index (χ1) is 13.7. The number of aryl methyl sites for hydroxylation is 1. The van der Waals surface area contributed by atoms with Crippen LogP contribution in [0.15, 0.2) is 53.4 Å². The lowest BCUT2D eigenvalue weighted by atomic mass is 9.93. The van der Waals surface area contributed by atoms with Gasteiger partial charge in [-0.15, -0.1) is 11.8 Å². The van der Waals surface area contributed by atoms with Gasteiger partial charge in [0.1, 0.15) is 0 Å². The summed E-state index contributed by atoms with van der Waals surface area (Å²) in [5.41, 5.74) is 2.48. The molecule has 0 saturated heterocycles. The number of thioether (sulfide) groups is 1. The Kier molecular flexibility index (Phi) is 8.29. The van der Waals surface area contributed by atoms with Crippen LogP contribution in [0.5, 0.6) is 0 Å². The number of hydrogen-bond acceptors (Lipinski definition) is 4. The van der Waals surface area contributed by atoms with Crippen molar-refractivity contribution >= 4 is 29.3 Å². The molecule has 29 heavy (non-hydrogen) atoms. The van der Waals surface area contributed by atoms with Gasteiger partial charge < -0.3 is 15.5 Å². The Morgan fingerprint density at radius 3 is 2.34 bits per heavy atom. The summed E-state index contributed by atoms with van der Waals surface area (Å²) in [7, 11) is 4.05. The highest BCUT2D eigenvalue weighted by atomic mass is 32.2. The first-order valence-electron chi connectivity index (χ1n) is 9.67. The van der Waals surface area contributed by atoms with Crippen LogP contribution < -0.4 is 10.6 Å². The predicted octanol–water partition coefficient (Wildman–Crippen LogP) is 4.04. The van der Waals surface area contributed by atoms with Gasteiger partial charge in [-0.05, 0) is 50.7 Å². The maximum Gasteiger partial charge on any atom is 0.252 e. The Morgan fingerprint density at radius 1 is 1.03 bits per heavy atom. The number of rotatable bonds is 9. The molecule has 0 aromatic heterocycles. The zero-order chi connectivity index (χ0) is 21.4. The zero-order valence-corrected chi connectivity index (χ0v) is 18.7. The summed E-state index contributed by atoms with van der Waals surface area (Å²) in [6.07, 6.45) is 0. The van der Waals surface area contributed by atoms with E-state index in [1.165, 1.54) is 11.8 Å². The van der Waals surface area contributed by atoms with E-state index in [1.807, 2.05) is 63.5 Å². The number of anilines is 1. The second-order valence-electron chi connectivity index (χ2n) is 8.28. The van der Waals surface area contributed by atoms with Crippen molar-refractivity contribution in [2.75, 3.05) is 38.3 Å². The van der Waals surface area contributed by atoms with Crippen LogP contribution in [0.4, 0.5) is 5.69 Å². The summed E-state index contributed by atoms with van der Waals surface area (Å²) in [6.45, 7) is 7.72. The van der Waals surface area contributed by atoms with E-state index in [4.69, 9.17) is 0 Å². The lowest BCUT2D eigenvalue weighted by molar-refractivity contribution is -0.113. The molecular formula is C23H31N3O2S. The molecule has 0 aliphatic carbocycles. The van der Waals surface area contributed by atoms with Gasteiger partial charge in [-0.3, -0.25) is 9.59 Å². The number of benzene rings is 2. The fraction of sp³-hybridized carbons (Fsp3) is 0.391. The minimum absolute atomic E-state index is 0.0326. The molecule has 2 aromatic rings. The highest BCUT2D eigenvalue weighted by molar-refractivity contribution is 8.00. The number of nitrogens with zero attached hydrogens (tertiary/aromatic N) is 1. The Labute approximate surface area is 178 Å². The molecule has 2 aromatic carbocycles. The second kappa shape index (κ2) is 10.5. The average Bonchev–Trinajstić information content (AvgIpc) is 2.65. The van der Waals surface area contributed by atoms with Crippen molar-refractivity contribution in [2.24, 2.45) is 5.41 Å². The molecule has 0 spiro atoms. The van der Waals surface area contributed by atoms with Crippen molar-refractivity contribution in [1.29, 1.82) is 0 Å². The molecule has 2 N–H and O–H groups in total. The highest BCUT2D eigenvalue weighted by Crippen LogP contribution is 2.23. The Balaban J connectivity index is 1.94. The smallest absolute Gasteiger partial charge is 0.252 e. The van der Waals surface area contributed by atoms with Gasteiger partial charge >= 0.3 is 0 Å². The Hall–Kier alpha value is -2.31. The lowest BCUT2D eigenvalue weighted by Crippen LogP contribution is -2.40. The van der Waals surface area contributed by atoms with E-state index in [0.29, 0.717) is 12.1 Å². The molecule has 5 nitrogen and oxygen atoms in total. The SMILES string of the molecule is Cc1ccc(NC(=O)CSc2ccccc2C(=O)NCC(C)(C)CN(C)C)cc1. The molecule has 0 atom stereocenters. The summed E-state index contributed by atoms with van der Waals surface area (Å²) in [5.74, 6) is 0.0321. The highest BCUT2D eigenvalue weighted by Gasteiger charge is 2.21. The van der Waals surface area contributed by atoms with E-state index in [0.717, 1.165) is 22.7 Å². The number of carbonyl (C=O) groups excluding carboxylic acids is 2. The molecule has 2 amide bonds. The summed E-state index contributed by atoms with van der Waals surface area (Å²) in [6, 6.07) is 15.1. The van der Waals surface area contributed by atoms with Crippen LogP contribution in [0.25, 0.3) is 0 Å². The molecule has 0 saturated carbocycles. The summed E-state index contributed by atoms with van der Waals surface area (Å²) >= 11 is 1.37. The standard InChI is InChI=1S/C23H31N3O2S/c1-17-10-12-18(13-11-17)25-21(27)14-29-20-9-7-6-8-19(20)22(28)24-15-23(2,3)16-26(4)5/h6-13H,14-16H2,1-5H3,(H,24,28)(H,25,27). The molecule has 0 bridgehead atoms. The molecule has 0 aliphatic rings. The van der Waals surface area contributed by atoms with Crippen LogP contribution in [0, 0.1) is 12.3 Å². The van der Waals surface area contributed by atoms with Gasteiger partial charge in [0.05, 0.1) is 11.3 Å². The fourth-order valence-corrected chi connectivity index (χ4v) is 3.93. The number of carbonyl (C=O) groups is 2. The molecule has 0 fully saturated rings. The van der Waals surface area contributed by atoms with Gasteiger partial charge in [0.25, 0.3) is 5.91 Å². The van der Waals surface area contributed by atoms with Crippen molar-refractivity contribution < 1.29 is 9.59 Å². The van der Waals surface area contributed by atoms with Gasteiger partial charge in [-0.25, -0.2) is 0 Å². The van der Waals surface area contributed by atoms with Crippen molar-refractivity contribution in [3.05, 3.63) is 59.7 Å². The maximum atomic E-state index is 12.7. The normalized spacial score (nSPS) is 11.4. The van der Waals surface area contributed by atoms with Gasteiger partial charge in [-0.2, -0.15) is 0 Å². The van der Waals surface area contributed by atoms with Crippen molar-refractivity contribution in [3.8, 4) is 0 Å². The number of nitrogens with one attached hydrogen (secondary N) is 2. The number of amides is 2. The van der Waals surface area contributed by atoms with Gasteiger partial charge in [-0.1, -0.05) is 43.7 Å². The largest absolute Gasteiger partial charge is 0.351 e. The summed E-state index contributed by atoms with van der Waals surface area (Å²) in [4.78, 5) is 27.9. The van der Waals surface area contributed by atoms with Crippen molar-refractivity contribution in [1.82, 2.24) is 10.2 Å². The molecule has 156 valence electrons. The maximum absolute atomic E-state index is 12.7. The molecule has 6 heteroatoms. The molecule has 0 radical (unpaired) electrons. The van der Waals surface area contributed by atoms with E-state index >= 15 is 0 Å². The Bertz CT molecular complexity index is 832. The van der Waals surface area contributed by atoms with Gasteiger partial charge in [0.2, 0.25) is 5.91 Å². The molecule has 0 heterocycles. The van der Waals surface area contributed by atoms with Gasteiger partial charge in [0, 0.05) is 23.7 Å². The third-order valence-electron chi connectivity index (χ3n) is 4.30. The minimum Gasteiger partial charge on any atom is -0.351 e. The molecular weight excluding hydrogens is 382 g/mol. The Morgan fingerprint density at radius 2 is 1.69 bits per heavy atom. The third-order valence-corrected chi connectivity index (χ3v) is 5.37. The fourth-order valence-electron chi connectivity index (χ4n) is 3.08. The van der Waals surface area contributed by atoms with E-state index in [2.05, 4.69) is 29.4 Å². The van der Waals surface area contributed by atoms with Crippen LogP contribution in [-0.4, -0.2) is 49.7 Å². The van der Waals surface area contributed by atoms with E-state index in [1.54, 1.807) is 6.07 Å². The van der Waals surface area contributed by atoms with Gasteiger partial charge in [0.15, 0.2) is 0 Å².